The summed E-state index contributed by atoms with van der Waals surface area (Å²) in [5.41, 5.74) is 8.91. The molecule has 2 heteroatoms. The molecule has 0 aromatic heterocycles. The molecular weight excluding hydrogens is 430 g/mol. The van der Waals surface area contributed by atoms with Gasteiger partial charge in [-0.1, -0.05) is 90.4 Å². The van der Waals surface area contributed by atoms with Crippen LogP contribution in [0, 0.1) is 0 Å². The Bertz CT molecular complexity index is 1200. The lowest BCUT2D eigenvalue weighted by atomic mass is 9.70. The summed E-state index contributed by atoms with van der Waals surface area (Å²) in [5, 5.41) is 0. The first-order valence-electron chi connectivity index (χ1n) is 10.5. The summed E-state index contributed by atoms with van der Waals surface area (Å²) in [4.78, 5) is 2.41. The number of fused-ring (bicyclic) bond motifs is 2. The molecule has 0 spiro atoms. The number of benzene rings is 4. The lowest BCUT2D eigenvalue weighted by molar-refractivity contribution is 0.544. The van der Waals surface area contributed by atoms with Crippen LogP contribution < -0.4 is 4.90 Å². The maximum absolute atomic E-state index is 3.70. The second-order valence-electron chi connectivity index (χ2n) is 8.11. The lowest BCUT2D eigenvalue weighted by Crippen LogP contribution is -2.32. The van der Waals surface area contributed by atoms with Crippen LogP contribution in [0.2, 0.25) is 0 Å². The molecule has 1 heterocycles. The van der Waals surface area contributed by atoms with Gasteiger partial charge in [0, 0.05) is 15.6 Å². The van der Waals surface area contributed by atoms with E-state index in [1.165, 1.54) is 39.3 Å². The fourth-order valence-electron chi connectivity index (χ4n) is 4.65. The van der Waals surface area contributed by atoms with E-state index in [0.29, 0.717) is 0 Å². The number of rotatable bonds is 3. The van der Waals surface area contributed by atoms with Gasteiger partial charge in [0.2, 0.25) is 0 Å². The van der Waals surface area contributed by atoms with Crippen molar-refractivity contribution in [2.75, 3.05) is 4.90 Å². The Hall–Kier alpha value is -2.84. The molecule has 5 rings (SSSR count). The van der Waals surface area contributed by atoms with E-state index in [0.717, 1.165) is 10.9 Å². The molecule has 1 aliphatic rings. The lowest BCUT2D eigenvalue weighted by Gasteiger charge is -2.43. The summed E-state index contributed by atoms with van der Waals surface area (Å²) < 4.78 is 1.12. The van der Waals surface area contributed by atoms with Crippen LogP contribution in [0.25, 0.3) is 11.1 Å². The SMILES string of the molecule is CCC1(C)c2ccccc2N(c2ccc(-c3ccccc3)cc2)c2ccc(Br)cc21. The van der Waals surface area contributed by atoms with Crippen molar-refractivity contribution in [2.24, 2.45) is 0 Å². The third-order valence-electron chi connectivity index (χ3n) is 6.47. The Morgan fingerprint density at radius 2 is 1.33 bits per heavy atom. The quantitative estimate of drug-likeness (QED) is 0.300. The molecule has 4 aromatic rings. The first kappa shape index (κ1) is 19.1. The Balaban J connectivity index is 1.69. The molecule has 1 unspecified atom stereocenters. The second kappa shape index (κ2) is 7.45. The molecule has 1 atom stereocenters. The topological polar surface area (TPSA) is 3.24 Å². The van der Waals surface area contributed by atoms with Crippen molar-refractivity contribution in [3.8, 4) is 11.1 Å². The Morgan fingerprint density at radius 1 is 0.700 bits per heavy atom. The van der Waals surface area contributed by atoms with E-state index >= 15 is 0 Å². The highest BCUT2D eigenvalue weighted by atomic mass is 79.9. The second-order valence-corrected chi connectivity index (χ2v) is 9.03. The Morgan fingerprint density at radius 3 is 2.07 bits per heavy atom. The standard InChI is InChI=1S/C28H24BrN/c1-3-28(2)24-11-7-8-12-26(24)30(27-18-15-22(29)19-25(27)28)23-16-13-21(14-17-23)20-9-5-4-6-10-20/h4-19H,3H2,1-2H3. The van der Waals surface area contributed by atoms with Gasteiger partial charge >= 0.3 is 0 Å². The number of halogens is 1. The van der Waals surface area contributed by atoms with Crippen LogP contribution >= 0.6 is 15.9 Å². The van der Waals surface area contributed by atoms with Crippen LogP contribution in [-0.2, 0) is 5.41 Å². The maximum atomic E-state index is 3.70. The number of anilines is 3. The number of hydrogen-bond acceptors (Lipinski definition) is 1. The van der Waals surface area contributed by atoms with Crippen LogP contribution in [0.1, 0.15) is 31.4 Å². The highest BCUT2D eigenvalue weighted by molar-refractivity contribution is 9.10. The zero-order valence-corrected chi connectivity index (χ0v) is 18.9. The maximum Gasteiger partial charge on any atom is 0.0503 e. The summed E-state index contributed by atoms with van der Waals surface area (Å²) in [6.07, 6.45) is 1.05. The normalized spacial score (nSPS) is 17.4. The average Bonchev–Trinajstić information content (AvgIpc) is 2.81. The van der Waals surface area contributed by atoms with E-state index in [2.05, 4.69) is 132 Å². The summed E-state index contributed by atoms with van der Waals surface area (Å²) in [6.45, 7) is 4.65. The van der Waals surface area contributed by atoms with Crippen LogP contribution in [0.5, 0.6) is 0 Å². The minimum atomic E-state index is -0.0177. The third kappa shape index (κ3) is 2.98. The van der Waals surface area contributed by atoms with Gasteiger partial charge < -0.3 is 4.90 Å². The molecule has 1 aliphatic heterocycles. The van der Waals surface area contributed by atoms with E-state index in [4.69, 9.17) is 0 Å². The zero-order chi connectivity index (χ0) is 20.7. The molecule has 0 fully saturated rings. The summed E-state index contributed by atoms with van der Waals surface area (Å²) in [7, 11) is 0. The van der Waals surface area contributed by atoms with Gasteiger partial charge in [-0.3, -0.25) is 0 Å². The molecule has 0 radical (unpaired) electrons. The highest BCUT2D eigenvalue weighted by Gasteiger charge is 2.38. The molecule has 30 heavy (non-hydrogen) atoms. The minimum absolute atomic E-state index is 0.0177. The fraction of sp³-hybridized carbons (Fsp3) is 0.143. The van der Waals surface area contributed by atoms with Crippen LogP contribution in [0.3, 0.4) is 0 Å². The van der Waals surface area contributed by atoms with Crippen LogP contribution in [0.15, 0.2) is 102 Å². The predicted molar refractivity (Wildman–Crippen MR) is 131 cm³/mol. The van der Waals surface area contributed by atoms with E-state index in [9.17, 15) is 0 Å². The highest BCUT2D eigenvalue weighted by Crippen LogP contribution is 2.53. The zero-order valence-electron chi connectivity index (χ0n) is 17.3. The molecule has 0 saturated carbocycles. The molecule has 4 aromatic carbocycles. The van der Waals surface area contributed by atoms with Crippen molar-refractivity contribution in [3.05, 3.63) is 113 Å². The molecule has 1 nitrogen and oxygen atoms in total. The van der Waals surface area contributed by atoms with Gasteiger partial charge in [0.1, 0.15) is 0 Å². The van der Waals surface area contributed by atoms with Gasteiger partial charge in [-0.05, 0) is 65.1 Å². The Labute approximate surface area is 187 Å². The van der Waals surface area contributed by atoms with Crippen molar-refractivity contribution < 1.29 is 0 Å². The van der Waals surface area contributed by atoms with Crippen molar-refractivity contribution in [1.82, 2.24) is 0 Å². The predicted octanol–water partition coefficient (Wildman–Crippen LogP) is 8.62. The molecule has 0 bridgehead atoms. The van der Waals surface area contributed by atoms with Crippen molar-refractivity contribution in [1.29, 1.82) is 0 Å². The molecule has 0 amide bonds. The molecule has 148 valence electrons. The van der Waals surface area contributed by atoms with Crippen LogP contribution in [-0.4, -0.2) is 0 Å². The molecule has 0 N–H and O–H groups in total. The number of nitrogens with zero attached hydrogens (tertiary/aromatic N) is 1. The molecule has 0 aliphatic carbocycles. The van der Waals surface area contributed by atoms with E-state index < -0.39 is 0 Å². The van der Waals surface area contributed by atoms with E-state index in [1.54, 1.807) is 0 Å². The molecule has 0 saturated heterocycles. The van der Waals surface area contributed by atoms with Gasteiger partial charge in [-0.15, -0.1) is 0 Å². The van der Waals surface area contributed by atoms with Crippen molar-refractivity contribution >= 4 is 33.0 Å². The first-order valence-corrected chi connectivity index (χ1v) is 11.3. The van der Waals surface area contributed by atoms with Gasteiger partial charge in [-0.2, -0.15) is 0 Å². The molecular formula is C28H24BrN. The third-order valence-corrected chi connectivity index (χ3v) is 6.97. The van der Waals surface area contributed by atoms with Gasteiger partial charge in [-0.25, -0.2) is 0 Å². The van der Waals surface area contributed by atoms with E-state index in [1.807, 2.05) is 0 Å². The fourth-order valence-corrected chi connectivity index (χ4v) is 5.01. The van der Waals surface area contributed by atoms with Crippen molar-refractivity contribution in [3.63, 3.8) is 0 Å². The van der Waals surface area contributed by atoms with Gasteiger partial charge in [0.25, 0.3) is 0 Å². The van der Waals surface area contributed by atoms with Gasteiger partial charge in [0.05, 0.1) is 11.4 Å². The minimum Gasteiger partial charge on any atom is -0.310 e. The monoisotopic (exact) mass is 453 g/mol. The Kier molecular flexibility index (Phi) is 4.75. The smallest absolute Gasteiger partial charge is 0.0503 e. The number of hydrogen-bond donors (Lipinski definition) is 0. The van der Waals surface area contributed by atoms with Gasteiger partial charge in [0.15, 0.2) is 0 Å². The summed E-state index contributed by atoms with van der Waals surface area (Å²) >= 11 is 3.70. The van der Waals surface area contributed by atoms with E-state index in [-0.39, 0.29) is 5.41 Å². The van der Waals surface area contributed by atoms with Crippen LogP contribution in [0.4, 0.5) is 17.1 Å². The first-order chi connectivity index (χ1) is 14.6. The summed E-state index contributed by atoms with van der Waals surface area (Å²) in [6, 6.07) is 35.0. The largest absolute Gasteiger partial charge is 0.310 e. The number of para-hydroxylation sites is 1. The summed E-state index contributed by atoms with van der Waals surface area (Å²) in [5.74, 6) is 0. The average molecular weight is 454 g/mol. The van der Waals surface area contributed by atoms with Crippen molar-refractivity contribution in [2.45, 2.75) is 25.7 Å².